The summed E-state index contributed by atoms with van der Waals surface area (Å²) in [6, 6.07) is 11.6. The summed E-state index contributed by atoms with van der Waals surface area (Å²) in [5.41, 5.74) is 1.96. The van der Waals surface area contributed by atoms with E-state index in [1.54, 1.807) is 28.4 Å². The first kappa shape index (κ1) is 33.5. The van der Waals surface area contributed by atoms with Crippen LogP contribution >= 0.6 is 0 Å². The molecular weight excluding hydrogens is 504 g/mol. The molecule has 0 saturated heterocycles. The Morgan fingerprint density at radius 1 is 0.525 bits per heavy atom. The van der Waals surface area contributed by atoms with Crippen molar-refractivity contribution in [2.45, 2.75) is 103 Å². The van der Waals surface area contributed by atoms with Gasteiger partial charge in [0.1, 0.15) is 23.0 Å². The van der Waals surface area contributed by atoms with Crippen molar-refractivity contribution < 1.29 is 28.4 Å². The van der Waals surface area contributed by atoms with Crippen LogP contribution in [0.2, 0.25) is 0 Å². The van der Waals surface area contributed by atoms with Gasteiger partial charge in [-0.2, -0.15) is 0 Å². The number of unbranched alkanes of at least 4 members (excludes halogenated alkanes) is 9. The lowest BCUT2D eigenvalue weighted by Crippen LogP contribution is -2.17. The zero-order chi connectivity index (χ0) is 28.8. The van der Waals surface area contributed by atoms with Crippen LogP contribution < -0.4 is 18.9 Å². The van der Waals surface area contributed by atoms with Gasteiger partial charge in [-0.1, -0.05) is 64.0 Å². The molecule has 0 amide bonds. The molecule has 2 aromatic rings. The van der Waals surface area contributed by atoms with Crippen molar-refractivity contribution in [1.29, 1.82) is 0 Å². The van der Waals surface area contributed by atoms with E-state index in [2.05, 4.69) is 19.1 Å². The zero-order valence-corrected chi connectivity index (χ0v) is 25.5. The average Bonchev–Trinajstić information content (AvgIpc) is 2.99. The largest absolute Gasteiger partial charge is 0.497 e. The molecule has 40 heavy (non-hydrogen) atoms. The molecule has 0 heterocycles. The van der Waals surface area contributed by atoms with Gasteiger partial charge in [-0.05, 0) is 67.5 Å². The van der Waals surface area contributed by atoms with E-state index in [0.29, 0.717) is 13.2 Å². The maximum Gasteiger partial charge on any atom is 0.158 e. The van der Waals surface area contributed by atoms with Gasteiger partial charge < -0.3 is 28.4 Å². The maximum absolute atomic E-state index is 6.27. The molecule has 0 aliphatic carbocycles. The minimum Gasteiger partial charge on any atom is -0.497 e. The number of methoxy groups -OCH3 is 4. The van der Waals surface area contributed by atoms with E-state index in [0.717, 1.165) is 47.0 Å². The maximum atomic E-state index is 6.27. The fourth-order valence-electron chi connectivity index (χ4n) is 4.51. The van der Waals surface area contributed by atoms with Gasteiger partial charge in [0.15, 0.2) is 6.29 Å². The first-order chi connectivity index (χ1) is 19.6. The number of hydrogen-bond acceptors (Lipinski definition) is 6. The Hall–Kier alpha value is -2.70. The first-order valence-electron chi connectivity index (χ1n) is 14.9. The van der Waals surface area contributed by atoms with E-state index < -0.39 is 0 Å². The lowest BCUT2D eigenvalue weighted by atomic mass is 10.1. The number of ether oxygens (including phenoxy) is 6. The second kappa shape index (κ2) is 21.1. The molecule has 224 valence electrons. The van der Waals surface area contributed by atoms with Gasteiger partial charge in [0.2, 0.25) is 0 Å². The molecule has 0 radical (unpaired) electrons. The monoisotopic (exact) mass is 556 g/mol. The van der Waals surface area contributed by atoms with Crippen LogP contribution in [0.4, 0.5) is 0 Å². The summed E-state index contributed by atoms with van der Waals surface area (Å²) >= 11 is 0. The minimum atomic E-state index is -0.325. The van der Waals surface area contributed by atoms with Gasteiger partial charge in [0, 0.05) is 12.1 Å². The predicted octanol–water partition coefficient (Wildman–Crippen LogP) is 9.04. The van der Waals surface area contributed by atoms with Crippen molar-refractivity contribution in [2.75, 3.05) is 28.4 Å². The quantitative estimate of drug-likeness (QED) is 0.0773. The van der Waals surface area contributed by atoms with Crippen molar-refractivity contribution in [3.05, 3.63) is 59.7 Å². The fraction of sp³-hybridized carbons (Fsp3) is 0.588. The molecular formula is C34H52O6. The van der Waals surface area contributed by atoms with Gasteiger partial charge in [0.05, 0.1) is 41.7 Å². The molecule has 2 rings (SSSR count). The minimum absolute atomic E-state index is 0.325. The van der Waals surface area contributed by atoms with Crippen LogP contribution in [0, 0.1) is 0 Å². The zero-order valence-electron chi connectivity index (χ0n) is 25.5. The van der Waals surface area contributed by atoms with Gasteiger partial charge in [-0.3, -0.25) is 0 Å². The third-order valence-electron chi connectivity index (χ3n) is 6.90. The number of rotatable bonds is 23. The van der Waals surface area contributed by atoms with Crippen LogP contribution in [-0.4, -0.2) is 34.7 Å². The highest BCUT2D eigenvalue weighted by Crippen LogP contribution is 2.26. The highest BCUT2D eigenvalue weighted by Gasteiger charge is 2.13. The molecule has 0 N–H and O–H groups in total. The predicted molar refractivity (Wildman–Crippen MR) is 163 cm³/mol. The second-order valence-electron chi connectivity index (χ2n) is 10.2. The molecule has 6 nitrogen and oxygen atoms in total. The molecule has 0 spiro atoms. The van der Waals surface area contributed by atoms with E-state index in [9.17, 15) is 0 Å². The SMILES string of the molecule is CCCC/C=C\CCCCCCCCCC(OCc1cc(OC)cc(OC)c1)OCc1cc(OC)cc(OC)c1. The lowest BCUT2D eigenvalue weighted by molar-refractivity contribution is -0.160. The number of allylic oxidation sites excluding steroid dienone is 2. The Labute approximate surface area is 243 Å². The van der Waals surface area contributed by atoms with E-state index in [1.807, 2.05) is 36.4 Å². The summed E-state index contributed by atoms with van der Waals surface area (Å²) in [6.07, 6.45) is 19.0. The standard InChI is InChI=1S/C34H52O6/c1-6-7-8-9-10-11-12-13-14-15-16-17-18-19-34(39-26-28-20-30(35-2)24-31(21-28)36-3)40-27-29-22-32(37-4)25-33(23-29)38-5/h9-10,20-25,34H,6-8,11-19,26-27H2,1-5H3/b10-9-. The third kappa shape index (κ3) is 14.1. The van der Waals surface area contributed by atoms with E-state index in [-0.39, 0.29) is 6.29 Å². The van der Waals surface area contributed by atoms with Crippen LogP contribution in [-0.2, 0) is 22.7 Å². The van der Waals surface area contributed by atoms with E-state index >= 15 is 0 Å². The van der Waals surface area contributed by atoms with E-state index in [1.165, 1.54) is 64.2 Å². The van der Waals surface area contributed by atoms with Crippen molar-refractivity contribution in [3.63, 3.8) is 0 Å². The van der Waals surface area contributed by atoms with Crippen molar-refractivity contribution in [2.24, 2.45) is 0 Å². The van der Waals surface area contributed by atoms with E-state index in [4.69, 9.17) is 28.4 Å². The molecule has 0 bridgehead atoms. The summed E-state index contributed by atoms with van der Waals surface area (Å²) in [5, 5.41) is 0. The van der Waals surface area contributed by atoms with Gasteiger partial charge >= 0.3 is 0 Å². The summed E-state index contributed by atoms with van der Waals surface area (Å²) in [5.74, 6) is 2.97. The normalized spacial score (nSPS) is 11.3. The topological polar surface area (TPSA) is 55.4 Å². The summed E-state index contributed by atoms with van der Waals surface area (Å²) in [6.45, 7) is 3.06. The van der Waals surface area contributed by atoms with Crippen LogP contribution in [0.1, 0.15) is 95.1 Å². The first-order valence-corrected chi connectivity index (χ1v) is 14.9. The molecule has 0 saturated carbocycles. The Balaban J connectivity index is 1.82. The fourth-order valence-corrected chi connectivity index (χ4v) is 4.51. The Bertz CT molecular complexity index is 853. The molecule has 0 atom stereocenters. The van der Waals surface area contributed by atoms with Gasteiger partial charge in [0.25, 0.3) is 0 Å². The molecule has 0 aliphatic heterocycles. The Morgan fingerprint density at radius 3 is 1.35 bits per heavy atom. The van der Waals surface area contributed by atoms with Crippen molar-refractivity contribution in [1.82, 2.24) is 0 Å². The number of benzene rings is 2. The molecule has 0 aromatic heterocycles. The molecule has 2 aromatic carbocycles. The average molecular weight is 557 g/mol. The summed E-state index contributed by atoms with van der Waals surface area (Å²) in [7, 11) is 6.61. The highest BCUT2D eigenvalue weighted by atomic mass is 16.7. The summed E-state index contributed by atoms with van der Waals surface area (Å²) in [4.78, 5) is 0. The van der Waals surface area contributed by atoms with Crippen LogP contribution in [0.25, 0.3) is 0 Å². The molecule has 0 unspecified atom stereocenters. The number of hydrogen-bond donors (Lipinski definition) is 0. The molecule has 0 fully saturated rings. The summed E-state index contributed by atoms with van der Waals surface area (Å²) < 4.78 is 34.2. The van der Waals surface area contributed by atoms with Gasteiger partial charge in [-0.15, -0.1) is 0 Å². The smallest absolute Gasteiger partial charge is 0.158 e. The Morgan fingerprint density at radius 2 is 0.925 bits per heavy atom. The van der Waals surface area contributed by atoms with Crippen molar-refractivity contribution >= 4 is 0 Å². The van der Waals surface area contributed by atoms with Crippen molar-refractivity contribution in [3.8, 4) is 23.0 Å². The third-order valence-corrected chi connectivity index (χ3v) is 6.90. The van der Waals surface area contributed by atoms with Crippen LogP contribution in [0.3, 0.4) is 0 Å². The molecule has 0 aliphatic rings. The van der Waals surface area contributed by atoms with Crippen LogP contribution in [0.15, 0.2) is 48.6 Å². The second-order valence-corrected chi connectivity index (χ2v) is 10.2. The van der Waals surface area contributed by atoms with Crippen LogP contribution in [0.5, 0.6) is 23.0 Å². The highest BCUT2D eigenvalue weighted by molar-refractivity contribution is 5.39. The Kier molecular flexibility index (Phi) is 17.7. The molecule has 6 heteroatoms. The van der Waals surface area contributed by atoms with Gasteiger partial charge in [-0.25, -0.2) is 0 Å². The lowest BCUT2D eigenvalue weighted by Gasteiger charge is -2.20.